The van der Waals surface area contributed by atoms with Gasteiger partial charge in [0.05, 0.1) is 21.2 Å². The molecule has 0 bridgehead atoms. The van der Waals surface area contributed by atoms with Crippen LogP contribution in [0.2, 0.25) is 0 Å². The topological polar surface area (TPSA) is 52.7 Å². The Morgan fingerprint density at radius 3 is 2.44 bits per heavy atom. The van der Waals surface area contributed by atoms with Crippen molar-refractivity contribution in [2.24, 2.45) is 0 Å². The van der Waals surface area contributed by atoms with Gasteiger partial charge in [0.15, 0.2) is 0 Å². The van der Waals surface area contributed by atoms with E-state index in [1.165, 1.54) is 36.3 Å². The van der Waals surface area contributed by atoms with E-state index >= 15 is 0 Å². The smallest absolute Gasteiger partial charge is 0.307 e. The molecule has 2 aromatic heterocycles. The third kappa shape index (κ3) is 7.60. The molecule has 0 saturated heterocycles. The van der Waals surface area contributed by atoms with E-state index in [2.05, 4.69) is 16.8 Å². The van der Waals surface area contributed by atoms with Gasteiger partial charge in [0.2, 0.25) is 0 Å². The van der Waals surface area contributed by atoms with Gasteiger partial charge in [0.1, 0.15) is 19.2 Å². The third-order valence-corrected chi connectivity index (χ3v) is 7.34. The first-order valence-electron chi connectivity index (χ1n) is 10.8. The minimum Gasteiger partial charge on any atom is -0.307 e. The number of carbonyl (C=O) groups is 1. The number of halogens is 4. The number of hydrogen-bond acceptors (Lipinski definition) is 5. The summed E-state index contributed by atoms with van der Waals surface area (Å²) in [7, 11) is 0. The lowest BCUT2D eigenvalue weighted by molar-refractivity contribution is -0.142. The Labute approximate surface area is 216 Å². The van der Waals surface area contributed by atoms with Gasteiger partial charge in [-0.05, 0) is 44.0 Å². The van der Waals surface area contributed by atoms with Crippen LogP contribution in [-0.4, -0.2) is 37.8 Å². The molecular formula is C25H28F4N4OS2. The van der Waals surface area contributed by atoms with E-state index in [4.69, 9.17) is 4.79 Å². The summed E-state index contributed by atoms with van der Waals surface area (Å²) in [5.41, 5.74) is 4.57. The molecule has 1 aromatic carbocycles. The SMILES string of the molecule is C=C(S/C(SC(C)C)=C(\C)c1cnn(CC(F)(F)F)c1)n1nc(C)c(-c2cccc(F)c2)c1C.C=O. The van der Waals surface area contributed by atoms with Gasteiger partial charge in [-0.25, -0.2) is 9.07 Å². The van der Waals surface area contributed by atoms with Crippen molar-refractivity contribution in [1.29, 1.82) is 0 Å². The van der Waals surface area contributed by atoms with Gasteiger partial charge >= 0.3 is 6.18 Å². The van der Waals surface area contributed by atoms with E-state index in [0.717, 1.165) is 37.0 Å². The number of aromatic nitrogens is 4. The predicted molar refractivity (Wildman–Crippen MR) is 141 cm³/mol. The monoisotopic (exact) mass is 540 g/mol. The van der Waals surface area contributed by atoms with Crippen molar-refractivity contribution in [2.75, 3.05) is 0 Å². The van der Waals surface area contributed by atoms with Crippen LogP contribution in [0.15, 0.2) is 47.5 Å². The van der Waals surface area contributed by atoms with Gasteiger partial charge in [-0.15, -0.1) is 11.8 Å². The van der Waals surface area contributed by atoms with E-state index < -0.39 is 12.7 Å². The van der Waals surface area contributed by atoms with Gasteiger partial charge in [0, 0.05) is 28.3 Å². The second-order valence-electron chi connectivity index (χ2n) is 8.08. The van der Waals surface area contributed by atoms with Crippen LogP contribution in [0.5, 0.6) is 0 Å². The molecule has 11 heteroatoms. The Bertz CT molecular complexity index is 1250. The van der Waals surface area contributed by atoms with Crippen LogP contribution in [0.1, 0.15) is 37.7 Å². The number of hydrogen-bond donors (Lipinski definition) is 0. The molecule has 0 fully saturated rings. The Hall–Kier alpha value is -2.79. The molecule has 5 nitrogen and oxygen atoms in total. The number of alkyl halides is 3. The molecule has 36 heavy (non-hydrogen) atoms. The summed E-state index contributed by atoms with van der Waals surface area (Å²) in [6.07, 6.45) is -1.50. The van der Waals surface area contributed by atoms with Gasteiger partial charge < -0.3 is 4.79 Å². The Morgan fingerprint density at radius 1 is 1.19 bits per heavy atom. The summed E-state index contributed by atoms with van der Waals surface area (Å²) < 4.78 is 55.5. The average Bonchev–Trinajstić information content (AvgIpc) is 3.36. The molecule has 0 aliphatic carbocycles. The Kier molecular flexibility index (Phi) is 10.2. The molecule has 0 radical (unpaired) electrons. The Balaban J connectivity index is 0.00000222. The summed E-state index contributed by atoms with van der Waals surface area (Å²) in [4.78, 5) is 8.00. The van der Waals surface area contributed by atoms with E-state index in [-0.39, 0.29) is 11.1 Å². The minimum atomic E-state index is -4.34. The molecule has 0 saturated carbocycles. The number of carbonyl (C=O) groups excluding carboxylic acids is 1. The highest BCUT2D eigenvalue weighted by Gasteiger charge is 2.28. The first-order valence-corrected chi connectivity index (χ1v) is 12.5. The maximum Gasteiger partial charge on any atom is 0.408 e. The number of aryl methyl sites for hydroxylation is 1. The normalized spacial score (nSPS) is 12.3. The molecule has 3 aromatic rings. The van der Waals surface area contributed by atoms with Gasteiger partial charge in [-0.3, -0.25) is 4.68 Å². The van der Waals surface area contributed by atoms with Crippen molar-refractivity contribution in [2.45, 2.75) is 52.6 Å². The number of allylic oxidation sites excluding steroid dienone is 1. The molecule has 0 amide bonds. The van der Waals surface area contributed by atoms with Crippen molar-refractivity contribution in [1.82, 2.24) is 19.6 Å². The highest BCUT2D eigenvalue weighted by Crippen LogP contribution is 2.43. The summed E-state index contributed by atoms with van der Waals surface area (Å²) in [6, 6.07) is 6.36. The van der Waals surface area contributed by atoms with Crippen molar-refractivity contribution in [3.05, 3.63) is 70.2 Å². The molecule has 0 aliphatic heterocycles. The zero-order chi connectivity index (χ0) is 27.2. The van der Waals surface area contributed by atoms with Crippen molar-refractivity contribution in [3.63, 3.8) is 0 Å². The maximum absolute atomic E-state index is 13.8. The number of nitrogens with zero attached hydrogens (tertiary/aromatic N) is 4. The van der Waals surface area contributed by atoms with E-state index in [1.54, 1.807) is 22.5 Å². The molecule has 0 N–H and O–H groups in total. The lowest BCUT2D eigenvalue weighted by Crippen LogP contribution is -2.17. The number of rotatable bonds is 8. The first-order chi connectivity index (χ1) is 16.9. The quantitative estimate of drug-likeness (QED) is 0.276. The fraction of sp³-hybridized carbons (Fsp3) is 0.320. The van der Waals surface area contributed by atoms with E-state index in [1.807, 2.05) is 47.5 Å². The van der Waals surface area contributed by atoms with Gasteiger partial charge in [0.25, 0.3) is 0 Å². The molecule has 0 unspecified atom stereocenters. The lowest BCUT2D eigenvalue weighted by atomic mass is 10.0. The van der Waals surface area contributed by atoms with Crippen LogP contribution in [-0.2, 0) is 11.3 Å². The number of thioether (sulfide) groups is 2. The maximum atomic E-state index is 13.8. The minimum absolute atomic E-state index is 0.235. The Morgan fingerprint density at radius 2 is 1.86 bits per heavy atom. The van der Waals surface area contributed by atoms with Crippen LogP contribution in [0.25, 0.3) is 21.7 Å². The molecule has 0 spiro atoms. The average molecular weight is 541 g/mol. The second-order valence-corrected chi connectivity index (χ2v) is 11.0. The lowest BCUT2D eigenvalue weighted by Gasteiger charge is -2.15. The van der Waals surface area contributed by atoms with Crippen molar-refractivity contribution in [3.8, 4) is 11.1 Å². The van der Waals surface area contributed by atoms with Crippen LogP contribution >= 0.6 is 23.5 Å². The summed E-state index contributed by atoms with van der Waals surface area (Å²) >= 11 is 3.00. The van der Waals surface area contributed by atoms with Crippen LogP contribution < -0.4 is 0 Å². The van der Waals surface area contributed by atoms with Crippen LogP contribution in [0.4, 0.5) is 17.6 Å². The molecule has 0 aliphatic rings. The molecular weight excluding hydrogens is 512 g/mol. The van der Waals surface area contributed by atoms with E-state index in [9.17, 15) is 17.6 Å². The standard InChI is InChI=1S/C24H26F4N4S2.CH2O/c1-14(2)33-23(15(3)20-11-29-31(12-20)13-24(26,27)28)34-18(6)32-17(5)22(16(4)30-32)19-8-7-9-21(25)10-19;1-2/h7-12,14H,6,13H2,1-5H3;1H2/b23-15+;. The molecule has 2 heterocycles. The highest BCUT2D eigenvalue weighted by atomic mass is 32.2. The van der Waals surface area contributed by atoms with Crippen LogP contribution in [0, 0.1) is 19.7 Å². The summed E-state index contributed by atoms with van der Waals surface area (Å²) in [6.45, 7) is 14.8. The first kappa shape index (κ1) is 29.4. The summed E-state index contributed by atoms with van der Waals surface area (Å²) in [5.74, 6) is -0.322. The zero-order valence-electron chi connectivity index (χ0n) is 20.7. The second kappa shape index (κ2) is 12.4. The third-order valence-electron chi connectivity index (χ3n) is 4.91. The fourth-order valence-corrected chi connectivity index (χ4v) is 5.98. The zero-order valence-corrected chi connectivity index (χ0v) is 22.3. The van der Waals surface area contributed by atoms with Gasteiger partial charge in [-0.2, -0.15) is 23.4 Å². The summed E-state index contributed by atoms with van der Waals surface area (Å²) in [5, 5.41) is 9.36. The highest BCUT2D eigenvalue weighted by molar-refractivity contribution is 8.26. The van der Waals surface area contributed by atoms with Gasteiger partial charge in [-0.1, -0.05) is 44.3 Å². The van der Waals surface area contributed by atoms with Crippen molar-refractivity contribution < 1.29 is 22.4 Å². The molecule has 0 atom stereocenters. The van der Waals surface area contributed by atoms with E-state index in [0.29, 0.717) is 10.6 Å². The largest absolute Gasteiger partial charge is 0.408 e. The van der Waals surface area contributed by atoms with Crippen LogP contribution in [0.3, 0.4) is 0 Å². The number of benzene rings is 1. The van der Waals surface area contributed by atoms with Crippen molar-refractivity contribution >= 4 is 40.9 Å². The molecule has 3 rings (SSSR count). The predicted octanol–water partition coefficient (Wildman–Crippen LogP) is 7.57. The fourth-order valence-electron chi connectivity index (χ4n) is 3.45. The molecule has 194 valence electrons.